The minimum Gasteiger partial charge on any atom is -0.378 e. The van der Waals surface area contributed by atoms with Gasteiger partial charge in [0, 0.05) is 12.6 Å². The lowest BCUT2D eigenvalue weighted by Crippen LogP contribution is -2.30. The molecule has 0 amide bonds. The highest BCUT2D eigenvalue weighted by Gasteiger charge is 2.21. The third kappa shape index (κ3) is 2.82. The number of nitrogens with one attached hydrogen (secondary N) is 1. The van der Waals surface area contributed by atoms with Crippen LogP contribution in [0.25, 0.3) is 0 Å². The van der Waals surface area contributed by atoms with Crippen molar-refractivity contribution in [3.8, 4) is 0 Å². The van der Waals surface area contributed by atoms with E-state index in [0.717, 1.165) is 19.4 Å². The number of aryl methyl sites for hydroxylation is 1. The molecule has 1 aliphatic rings. The molecule has 1 aromatic rings. The lowest BCUT2D eigenvalue weighted by molar-refractivity contribution is 0.0946. The Morgan fingerprint density at radius 2 is 2.44 bits per heavy atom. The first-order chi connectivity index (χ1) is 7.79. The second kappa shape index (κ2) is 5.43. The maximum Gasteiger partial charge on any atom is 0.0594 e. The van der Waals surface area contributed by atoms with E-state index in [4.69, 9.17) is 10.6 Å². The molecule has 3 heteroatoms. The van der Waals surface area contributed by atoms with Crippen molar-refractivity contribution in [1.29, 1.82) is 0 Å². The second-order valence-corrected chi connectivity index (χ2v) is 4.50. The van der Waals surface area contributed by atoms with Crippen LogP contribution in [0.3, 0.4) is 0 Å². The number of rotatable bonds is 4. The van der Waals surface area contributed by atoms with E-state index in [1.807, 2.05) is 0 Å². The molecule has 0 spiro atoms. The van der Waals surface area contributed by atoms with E-state index in [0.29, 0.717) is 6.10 Å². The van der Waals surface area contributed by atoms with Crippen LogP contribution in [0.5, 0.6) is 0 Å². The molecule has 3 N–H and O–H groups in total. The maximum absolute atomic E-state index is 5.64. The van der Waals surface area contributed by atoms with E-state index in [2.05, 4.69) is 36.6 Å². The SMILES string of the molecule is Cc1cccc(C(CC2CCCO2)NN)c1. The van der Waals surface area contributed by atoms with Gasteiger partial charge in [0.1, 0.15) is 0 Å². The van der Waals surface area contributed by atoms with Gasteiger partial charge in [-0.05, 0) is 31.7 Å². The van der Waals surface area contributed by atoms with Gasteiger partial charge in [-0.3, -0.25) is 11.3 Å². The average Bonchev–Trinajstić information content (AvgIpc) is 2.78. The molecule has 16 heavy (non-hydrogen) atoms. The predicted octanol–water partition coefficient (Wildman–Crippen LogP) is 2.07. The van der Waals surface area contributed by atoms with Crippen molar-refractivity contribution in [2.45, 2.75) is 38.3 Å². The fourth-order valence-corrected chi connectivity index (χ4v) is 2.28. The number of nitrogens with two attached hydrogens (primary N) is 1. The molecule has 1 fully saturated rings. The third-order valence-electron chi connectivity index (χ3n) is 3.17. The van der Waals surface area contributed by atoms with E-state index in [-0.39, 0.29) is 6.04 Å². The summed E-state index contributed by atoms with van der Waals surface area (Å²) in [6, 6.07) is 8.67. The minimum atomic E-state index is 0.197. The van der Waals surface area contributed by atoms with Crippen LogP contribution >= 0.6 is 0 Å². The lowest BCUT2D eigenvalue weighted by Gasteiger charge is -2.20. The van der Waals surface area contributed by atoms with E-state index >= 15 is 0 Å². The molecule has 2 unspecified atom stereocenters. The van der Waals surface area contributed by atoms with Gasteiger partial charge in [0.15, 0.2) is 0 Å². The van der Waals surface area contributed by atoms with E-state index in [1.54, 1.807) is 0 Å². The zero-order chi connectivity index (χ0) is 11.4. The summed E-state index contributed by atoms with van der Waals surface area (Å²) in [7, 11) is 0. The molecule has 1 saturated heterocycles. The quantitative estimate of drug-likeness (QED) is 0.603. The highest BCUT2D eigenvalue weighted by Crippen LogP contribution is 2.24. The summed E-state index contributed by atoms with van der Waals surface area (Å²) in [4.78, 5) is 0. The molecule has 3 nitrogen and oxygen atoms in total. The van der Waals surface area contributed by atoms with Gasteiger partial charge in [0.25, 0.3) is 0 Å². The fourth-order valence-electron chi connectivity index (χ4n) is 2.28. The Hall–Kier alpha value is -0.900. The number of hydrogen-bond donors (Lipinski definition) is 2. The van der Waals surface area contributed by atoms with Crippen molar-refractivity contribution in [1.82, 2.24) is 5.43 Å². The molecule has 0 aliphatic carbocycles. The first-order valence-corrected chi connectivity index (χ1v) is 5.94. The fraction of sp³-hybridized carbons (Fsp3) is 0.538. The van der Waals surface area contributed by atoms with Gasteiger partial charge >= 0.3 is 0 Å². The van der Waals surface area contributed by atoms with Crippen LogP contribution in [0, 0.1) is 6.92 Å². The minimum absolute atomic E-state index is 0.197. The Morgan fingerprint density at radius 3 is 3.06 bits per heavy atom. The van der Waals surface area contributed by atoms with Crippen molar-refractivity contribution in [3.63, 3.8) is 0 Å². The number of ether oxygens (including phenoxy) is 1. The number of hydrazine groups is 1. The van der Waals surface area contributed by atoms with Crippen molar-refractivity contribution in [2.24, 2.45) is 5.84 Å². The first kappa shape index (κ1) is 11.6. The molecule has 2 rings (SSSR count). The topological polar surface area (TPSA) is 47.3 Å². The molecule has 0 bridgehead atoms. The zero-order valence-electron chi connectivity index (χ0n) is 9.78. The number of benzene rings is 1. The van der Waals surface area contributed by atoms with Gasteiger partial charge < -0.3 is 4.74 Å². The molecule has 1 aromatic carbocycles. The summed E-state index contributed by atoms with van der Waals surface area (Å²) in [5.41, 5.74) is 5.41. The summed E-state index contributed by atoms with van der Waals surface area (Å²) in [6.45, 7) is 3.00. The van der Waals surface area contributed by atoms with Crippen LogP contribution in [0.2, 0.25) is 0 Å². The molecule has 1 aliphatic heterocycles. The van der Waals surface area contributed by atoms with Crippen LogP contribution in [0.4, 0.5) is 0 Å². The molecule has 0 radical (unpaired) electrons. The number of hydrogen-bond acceptors (Lipinski definition) is 3. The molecule has 1 heterocycles. The van der Waals surface area contributed by atoms with Crippen LogP contribution in [-0.4, -0.2) is 12.7 Å². The van der Waals surface area contributed by atoms with E-state index in [9.17, 15) is 0 Å². The van der Waals surface area contributed by atoms with Gasteiger partial charge in [-0.15, -0.1) is 0 Å². The van der Waals surface area contributed by atoms with Crippen molar-refractivity contribution in [3.05, 3.63) is 35.4 Å². The van der Waals surface area contributed by atoms with Gasteiger partial charge in [-0.2, -0.15) is 0 Å². The second-order valence-electron chi connectivity index (χ2n) is 4.50. The summed E-state index contributed by atoms with van der Waals surface area (Å²) in [5, 5.41) is 0. The van der Waals surface area contributed by atoms with Gasteiger partial charge in [-0.1, -0.05) is 29.8 Å². The Labute approximate surface area is 97.0 Å². The first-order valence-electron chi connectivity index (χ1n) is 5.94. The maximum atomic E-state index is 5.64. The van der Waals surface area contributed by atoms with Gasteiger partial charge in [-0.25, -0.2) is 0 Å². The predicted molar refractivity (Wildman–Crippen MR) is 64.8 cm³/mol. The summed E-state index contributed by atoms with van der Waals surface area (Å²) in [6.07, 6.45) is 3.65. The molecular formula is C13H20N2O. The molecule has 0 saturated carbocycles. The Balaban J connectivity index is 2.03. The van der Waals surface area contributed by atoms with Crippen molar-refractivity contribution in [2.75, 3.05) is 6.61 Å². The highest BCUT2D eigenvalue weighted by molar-refractivity contribution is 5.25. The van der Waals surface area contributed by atoms with Gasteiger partial charge in [0.2, 0.25) is 0 Å². The van der Waals surface area contributed by atoms with Crippen LogP contribution in [0.1, 0.15) is 36.4 Å². The highest BCUT2D eigenvalue weighted by atomic mass is 16.5. The molecule has 88 valence electrons. The molecule has 0 aromatic heterocycles. The Morgan fingerprint density at radius 1 is 1.56 bits per heavy atom. The summed E-state index contributed by atoms with van der Waals surface area (Å²) in [5.74, 6) is 5.63. The zero-order valence-corrected chi connectivity index (χ0v) is 9.78. The summed E-state index contributed by atoms with van der Waals surface area (Å²) >= 11 is 0. The van der Waals surface area contributed by atoms with Crippen LogP contribution < -0.4 is 11.3 Å². The standard InChI is InChI=1S/C13H20N2O/c1-10-4-2-5-11(8-10)13(15-14)9-12-6-3-7-16-12/h2,4-5,8,12-13,15H,3,6-7,9,14H2,1H3. The normalized spacial score (nSPS) is 22.2. The van der Waals surface area contributed by atoms with Crippen molar-refractivity contribution >= 4 is 0 Å². The lowest BCUT2D eigenvalue weighted by atomic mass is 9.98. The van der Waals surface area contributed by atoms with Crippen LogP contribution in [-0.2, 0) is 4.74 Å². The van der Waals surface area contributed by atoms with Gasteiger partial charge in [0.05, 0.1) is 6.10 Å². The largest absolute Gasteiger partial charge is 0.378 e. The molecular weight excluding hydrogens is 200 g/mol. The van der Waals surface area contributed by atoms with E-state index in [1.165, 1.54) is 17.5 Å². The van der Waals surface area contributed by atoms with Crippen molar-refractivity contribution < 1.29 is 4.74 Å². The Kier molecular flexibility index (Phi) is 3.93. The average molecular weight is 220 g/mol. The van der Waals surface area contributed by atoms with E-state index < -0.39 is 0 Å². The monoisotopic (exact) mass is 220 g/mol. The molecule has 2 atom stereocenters. The summed E-state index contributed by atoms with van der Waals surface area (Å²) < 4.78 is 5.64. The van der Waals surface area contributed by atoms with Crippen LogP contribution in [0.15, 0.2) is 24.3 Å². The smallest absolute Gasteiger partial charge is 0.0594 e. The third-order valence-corrected chi connectivity index (χ3v) is 3.17. The Bertz CT molecular complexity index is 334.